The molecule has 0 fully saturated rings. The highest BCUT2D eigenvalue weighted by Gasteiger charge is 2.12. The molecule has 0 aliphatic carbocycles. The molecular formula is C14H16ClN3O. The molecule has 1 heterocycles. The zero-order valence-corrected chi connectivity index (χ0v) is 12.0. The van der Waals surface area contributed by atoms with Gasteiger partial charge in [-0.05, 0) is 19.1 Å². The highest BCUT2D eigenvalue weighted by atomic mass is 35.5. The van der Waals surface area contributed by atoms with Crippen LogP contribution in [0.3, 0.4) is 0 Å². The molecule has 0 atom stereocenters. The Kier molecular flexibility index (Phi) is 4.22. The van der Waals surface area contributed by atoms with E-state index in [0.717, 1.165) is 22.7 Å². The number of benzene rings is 1. The predicted octanol–water partition coefficient (Wildman–Crippen LogP) is 3.30. The number of ether oxygens (including phenoxy) is 1. The summed E-state index contributed by atoms with van der Waals surface area (Å²) in [5.41, 5.74) is 2.75. The number of methoxy groups -OCH3 is 1. The predicted molar refractivity (Wildman–Crippen MR) is 77.4 cm³/mol. The van der Waals surface area contributed by atoms with Crippen molar-refractivity contribution in [1.82, 2.24) is 9.97 Å². The molecule has 2 aromatic rings. The lowest BCUT2D eigenvalue weighted by molar-refractivity contribution is 0.415. The fourth-order valence-corrected chi connectivity index (χ4v) is 2.05. The van der Waals surface area contributed by atoms with E-state index in [1.165, 1.54) is 0 Å². The van der Waals surface area contributed by atoms with Crippen molar-refractivity contribution in [2.24, 2.45) is 0 Å². The number of rotatable bonds is 4. The summed E-state index contributed by atoms with van der Waals surface area (Å²) >= 11 is 5.82. The third kappa shape index (κ3) is 2.79. The first-order valence-electron chi connectivity index (χ1n) is 5.92. The molecule has 5 heteroatoms. The first-order chi connectivity index (χ1) is 9.17. The molecule has 19 heavy (non-hydrogen) atoms. The second kappa shape index (κ2) is 5.89. The van der Waals surface area contributed by atoms with Gasteiger partial charge < -0.3 is 9.64 Å². The Morgan fingerprint density at radius 3 is 2.68 bits per heavy atom. The largest absolute Gasteiger partial charge is 0.495 e. The number of aryl methyl sites for hydroxylation is 1. The lowest BCUT2D eigenvalue weighted by Crippen LogP contribution is -2.15. The van der Waals surface area contributed by atoms with Crippen molar-refractivity contribution in [3.63, 3.8) is 0 Å². The van der Waals surface area contributed by atoms with E-state index >= 15 is 0 Å². The fraction of sp³-hybridized carbons (Fsp3) is 0.286. The van der Waals surface area contributed by atoms with E-state index in [2.05, 4.69) is 9.97 Å². The Labute approximate surface area is 118 Å². The average molecular weight is 278 g/mol. The molecule has 0 saturated heterocycles. The van der Waals surface area contributed by atoms with E-state index in [1.54, 1.807) is 13.3 Å². The number of anilines is 2. The minimum absolute atomic E-state index is 0.421. The van der Waals surface area contributed by atoms with Crippen molar-refractivity contribution in [3.8, 4) is 5.75 Å². The van der Waals surface area contributed by atoms with Crippen LogP contribution in [-0.2, 0) is 5.88 Å². The van der Waals surface area contributed by atoms with Crippen LogP contribution in [0.2, 0.25) is 0 Å². The highest BCUT2D eigenvalue weighted by molar-refractivity contribution is 6.17. The number of para-hydroxylation sites is 2. The first-order valence-corrected chi connectivity index (χ1v) is 6.46. The quantitative estimate of drug-likeness (QED) is 0.804. The summed E-state index contributed by atoms with van der Waals surface area (Å²) in [7, 11) is 3.56. The lowest BCUT2D eigenvalue weighted by Gasteiger charge is -2.20. The molecular weight excluding hydrogens is 262 g/mol. The number of aromatic nitrogens is 2. The van der Waals surface area contributed by atoms with Gasteiger partial charge in [-0.1, -0.05) is 12.1 Å². The molecule has 0 saturated carbocycles. The maximum atomic E-state index is 5.82. The van der Waals surface area contributed by atoms with E-state index < -0.39 is 0 Å². The van der Waals surface area contributed by atoms with Gasteiger partial charge in [0.05, 0.1) is 18.7 Å². The van der Waals surface area contributed by atoms with Crippen molar-refractivity contribution in [2.75, 3.05) is 19.1 Å². The van der Waals surface area contributed by atoms with Crippen molar-refractivity contribution < 1.29 is 4.74 Å². The Bertz CT molecular complexity index is 574. The van der Waals surface area contributed by atoms with Crippen LogP contribution < -0.4 is 9.64 Å². The zero-order chi connectivity index (χ0) is 13.8. The van der Waals surface area contributed by atoms with E-state index in [1.807, 2.05) is 43.1 Å². The van der Waals surface area contributed by atoms with Crippen LogP contribution in [0.1, 0.15) is 11.3 Å². The molecule has 1 aromatic carbocycles. The van der Waals surface area contributed by atoms with Gasteiger partial charge in [0.2, 0.25) is 5.95 Å². The molecule has 0 spiro atoms. The van der Waals surface area contributed by atoms with E-state index in [4.69, 9.17) is 16.3 Å². The summed E-state index contributed by atoms with van der Waals surface area (Å²) in [6.07, 6.45) is 1.76. The van der Waals surface area contributed by atoms with Gasteiger partial charge in [-0.15, -0.1) is 11.6 Å². The van der Waals surface area contributed by atoms with Gasteiger partial charge in [0.15, 0.2) is 0 Å². The summed E-state index contributed by atoms with van der Waals surface area (Å²) in [4.78, 5) is 10.7. The van der Waals surface area contributed by atoms with Gasteiger partial charge in [-0.3, -0.25) is 0 Å². The second-order valence-corrected chi connectivity index (χ2v) is 4.41. The second-order valence-electron chi connectivity index (χ2n) is 4.15. The van der Waals surface area contributed by atoms with Gasteiger partial charge in [0.1, 0.15) is 5.75 Å². The minimum atomic E-state index is 0.421. The third-order valence-electron chi connectivity index (χ3n) is 2.96. The zero-order valence-electron chi connectivity index (χ0n) is 11.2. The fourth-order valence-electron chi connectivity index (χ4n) is 1.79. The van der Waals surface area contributed by atoms with Gasteiger partial charge in [-0.25, -0.2) is 9.97 Å². The van der Waals surface area contributed by atoms with Gasteiger partial charge in [0.25, 0.3) is 0 Å². The maximum absolute atomic E-state index is 5.82. The molecule has 0 aliphatic heterocycles. The molecule has 2 rings (SSSR count). The van der Waals surface area contributed by atoms with Crippen LogP contribution in [-0.4, -0.2) is 24.1 Å². The van der Waals surface area contributed by atoms with Crippen molar-refractivity contribution in [3.05, 3.63) is 41.7 Å². The summed E-state index contributed by atoms with van der Waals surface area (Å²) in [6, 6.07) is 7.76. The normalized spacial score (nSPS) is 10.3. The molecule has 0 N–H and O–H groups in total. The van der Waals surface area contributed by atoms with Crippen LogP contribution in [0.15, 0.2) is 30.5 Å². The maximum Gasteiger partial charge on any atom is 0.229 e. The van der Waals surface area contributed by atoms with Crippen molar-refractivity contribution in [1.29, 1.82) is 0 Å². The van der Waals surface area contributed by atoms with Crippen LogP contribution in [0.4, 0.5) is 11.6 Å². The standard InChI is InChI=1S/C14H16ClN3O/c1-10-11(8-15)9-16-14(17-10)18(2)12-6-4-5-7-13(12)19-3/h4-7,9H,8H2,1-3H3. The number of nitrogens with zero attached hydrogens (tertiary/aromatic N) is 3. The lowest BCUT2D eigenvalue weighted by atomic mass is 10.2. The first kappa shape index (κ1) is 13.6. The van der Waals surface area contributed by atoms with Crippen molar-refractivity contribution in [2.45, 2.75) is 12.8 Å². The SMILES string of the molecule is COc1ccccc1N(C)c1ncc(CCl)c(C)n1. The van der Waals surface area contributed by atoms with Crippen LogP contribution >= 0.6 is 11.6 Å². The van der Waals surface area contributed by atoms with Crippen LogP contribution in [0.25, 0.3) is 0 Å². The Morgan fingerprint density at radius 1 is 1.32 bits per heavy atom. The van der Waals surface area contributed by atoms with E-state index in [0.29, 0.717) is 11.8 Å². The summed E-state index contributed by atoms with van der Waals surface area (Å²) < 4.78 is 5.34. The Morgan fingerprint density at radius 2 is 2.05 bits per heavy atom. The van der Waals surface area contributed by atoms with E-state index in [9.17, 15) is 0 Å². The Hall–Kier alpha value is -1.81. The molecule has 0 radical (unpaired) electrons. The summed E-state index contributed by atoms with van der Waals surface area (Å²) in [5.74, 6) is 1.83. The number of halogens is 1. The van der Waals surface area contributed by atoms with Crippen LogP contribution in [0, 0.1) is 6.92 Å². The summed E-state index contributed by atoms with van der Waals surface area (Å²) in [6.45, 7) is 1.93. The van der Waals surface area contributed by atoms with E-state index in [-0.39, 0.29) is 0 Å². The third-order valence-corrected chi connectivity index (χ3v) is 3.25. The monoisotopic (exact) mass is 277 g/mol. The highest BCUT2D eigenvalue weighted by Crippen LogP contribution is 2.30. The molecule has 0 bridgehead atoms. The molecule has 4 nitrogen and oxygen atoms in total. The number of hydrogen-bond acceptors (Lipinski definition) is 4. The number of alkyl halides is 1. The minimum Gasteiger partial charge on any atom is -0.495 e. The van der Waals surface area contributed by atoms with Crippen molar-refractivity contribution >= 4 is 23.2 Å². The molecule has 100 valence electrons. The smallest absolute Gasteiger partial charge is 0.229 e. The molecule has 0 aliphatic rings. The van der Waals surface area contributed by atoms with Gasteiger partial charge >= 0.3 is 0 Å². The molecule has 0 unspecified atom stereocenters. The summed E-state index contributed by atoms with van der Waals surface area (Å²) in [5, 5.41) is 0. The Balaban J connectivity index is 2.38. The topological polar surface area (TPSA) is 38.2 Å². The van der Waals surface area contributed by atoms with Gasteiger partial charge in [-0.2, -0.15) is 0 Å². The average Bonchev–Trinajstić information content (AvgIpc) is 2.46. The molecule has 0 amide bonds. The number of hydrogen-bond donors (Lipinski definition) is 0. The van der Waals surface area contributed by atoms with Crippen LogP contribution in [0.5, 0.6) is 5.75 Å². The van der Waals surface area contributed by atoms with Gasteiger partial charge in [0, 0.05) is 24.5 Å². The molecule has 1 aromatic heterocycles.